The van der Waals surface area contributed by atoms with E-state index in [0.717, 1.165) is 31.1 Å². The summed E-state index contributed by atoms with van der Waals surface area (Å²) < 4.78 is 6.28. The van der Waals surface area contributed by atoms with Crippen molar-refractivity contribution in [3.63, 3.8) is 0 Å². The van der Waals surface area contributed by atoms with Gasteiger partial charge in [-0.2, -0.15) is 0 Å². The summed E-state index contributed by atoms with van der Waals surface area (Å²) in [7, 11) is 0. The monoisotopic (exact) mass is 292 g/mol. The number of ether oxygens (including phenoxy) is 1. The van der Waals surface area contributed by atoms with Gasteiger partial charge in [0.05, 0.1) is 5.41 Å². The third-order valence-corrected chi connectivity index (χ3v) is 7.15. The molecule has 0 N–H and O–H groups in total. The Morgan fingerprint density at radius 3 is 2.05 bits per heavy atom. The van der Waals surface area contributed by atoms with Crippen LogP contribution in [0, 0.1) is 29.1 Å². The Balaban J connectivity index is 1.76. The van der Waals surface area contributed by atoms with E-state index in [1.165, 1.54) is 32.1 Å². The lowest BCUT2D eigenvalue weighted by Gasteiger charge is -2.59. The molecule has 4 rings (SSSR count). The normalized spacial score (nSPS) is 43.6. The molecule has 0 heterocycles. The van der Waals surface area contributed by atoms with Crippen LogP contribution >= 0.6 is 0 Å². The largest absolute Gasteiger partial charge is 0.458 e. The Kier molecular flexibility index (Phi) is 3.86. The van der Waals surface area contributed by atoms with Crippen molar-refractivity contribution in [3.05, 3.63) is 0 Å². The van der Waals surface area contributed by atoms with Gasteiger partial charge in [0.1, 0.15) is 5.60 Å². The van der Waals surface area contributed by atoms with E-state index in [1.54, 1.807) is 0 Å². The second kappa shape index (κ2) is 5.28. The number of carbonyl (C=O) groups is 1. The van der Waals surface area contributed by atoms with Crippen LogP contribution in [-0.4, -0.2) is 11.6 Å². The van der Waals surface area contributed by atoms with Crippen LogP contribution in [0.5, 0.6) is 0 Å². The summed E-state index contributed by atoms with van der Waals surface area (Å²) in [4.78, 5) is 12.9. The fraction of sp³-hybridized carbons (Fsp3) is 0.947. The summed E-state index contributed by atoms with van der Waals surface area (Å²) >= 11 is 0. The molecule has 1 unspecified atom stereocenters. The van der Waals surface area contributed by atoms with Crippen LogP contribution in [0.15, 0.2) is 0 Å². The van der Waals surface area contributed by atoms with Gasteiger partial charge < -0.3 is 4.74 Å². The van der Waals surface area contributed by atoms with Crippen molar-refractivity contribution >= 4 is 5.97 Å². The lowest BCUT2D eigenvalue weighted by atomic mass is 9.50. The Morgan fingerprint density at radius 2 is 1.62 bits per heavy atom. The number of esters is 1. The summed E-state index contributed by atoms with van der Waals surface area (Å²) in [6.45, 7) is 8.63. The molecular weight excluding hydrogens is 260 g/mol. The number of hydrogen-bond donors (Lipinski definition) is 0. The van der Waals surface area contributed by atoms with Crippen LogP contribution in [0.2, 0.25) is 0 Å². The van der Waals surface area contributed by atoms with Gasteiger partial charge in [-0.15, -0.1) is 0 Å². The molecule has 4 aliphatic carbocycles. The molecule has 0 aromatic carbocycles. The first-order chi connectivity index (χ1) is 9.91. The Hall–Kier alpha value is -0.530. The average molecular weight is 292 g/mol. The van der Waals surface area contributed by atoms with E-state index < -0.39 is 0 Å². The van der Waals surface area contributed by atoms with Crippen molar-refractivity contribution in [2.45, 2.75) is 84.7 Å². The second-order valence-corrected chi connectivity index (χ2v) is 8.54. The minimum atomic E-state index is -0.285. The van der Waals surface area contributed by atoms with Crippen molar-refractivity contribution < 1.29 is 9.53 Å². The number of hydrogen-bond acceptors (Lipinski definition) is 2. The van der Waals surface area contributed by atoms with Gasteiger partial charge in [0.25, 0.3) is 0 Å². The predicted molar refractivity (Wildman–Crippen MR) is 84.8 cm³/mol. The smallest absolute Gasteiger partial charge is 0.312 e. The van der Waals surface area contributed by atoms with Crippen LogP contribution in [0.25, 0.3) is 0 Å². The maximum Gasteiger partial charge on any atom is 0.312 e. The van der Waals surface area contributed by atoms with E-state index in [4.69, 9.17) is 4.74 Å². The molecule has 0 aromatic rings. The zero-order valence-electron chi connectivity index (χ0n) is 14.3. The Bertz CT molecular complexity index is 386. The number of rotatable bonds is 5. The van der Waals surface area contributed by atoms with E-state index in [0.29, 0.717) is 11.8 Å². The predicted octanol–water partition coefficient (Wildman–Crippen LogP) is 4.96. The maximum atomic E-state index is 12.9. The SMILES string of the molecule is CCCC(C)(CC)C(=O)OC1(C)C2CC3CC(C2)CC1C3. The quantitative estimate of drug-likeness (QED) is 0.669. The molecule has 4 bridgehead atoms. The summed E-state index contributed by atoms with van der Waals surface area (Å²) in [6.07, 6.45) is 9.52. The van der Waals surface area contributed by atoms with E-state index in [2.05, 4.69) is 27.7 Å². The fourth-order valence-corrected chi connectivity index (χ4v) is 5.58. The Morgan fingerprint density at radius 1 is 1.10 bits per heavy atom. The van der Waals surface area contributed by atoms with E-state index >= 15 is 0 Å². The van der Waals surface area contributed by atoms with Gasteiger partial charge in [-0.25, -0.2) is 0 Å². The highest BCUT2D eigenvalue weighted by Gasteiger charge is 2.57. The molecule has 4 fully saturated rings. The molecule has 0 aromatic heterocycles. The van der Waals surface area contributed by atoms with Crippen molar-refractivity contribution in [1.29, 1.82) is 0 Å². The maximum absolute atomic E-state index is 12.9. The van der Waals surface area contributed by atoms with Gasteiger partial charge in [-0.3, -0.25) is 4.79 Å². The minimum Gasteiger partial charge on any atom is -0.458 e. The molecule has 2 heteroatoms. The molecule has 4 aliphatic rings. The number of carbonyl (C=O) groups excluding carboxylic acids is 1. The van der Waals surface area contributed by atoms with E-state index in [-0.39, 0.29) is 17.0 Å². The zero-order valence-corrected chi connectivity index (χ0v) is 14.3. The molecule has 0 amide bonds. The van der Waals surface area contributed by atoms with Gasteiger partial charge in [-0.05, 0) is 82.5 Å². The molecule has 120 valence electrons. The topological polar surface area (TPSA) is 26.3 Å². The van der Waals surface area contributed by atoms with Crippen molar-refractivity contribution in [3.8, 4) is 0 Å². The molecule has 0 saturated heterocycles. The molecule has 0 spiro atoms. The third-order valence-electron chi connectivity index (χ3n) is 7.15. The summed E-state index contributed by atoms with van der Waals surface area (Å²) in [6, 6.07) is 0. The van der Waals surface area contributed by atoms with Gasteiger partial charge in [-0.1, -0.05) is 20.3 Å². The van der Waals surface area contributed by atoms with Crippen LogP contribution in [0.3, 0.4) is 0 Å². The van der Waals surface area contributed by atoms with Crippen LogP contribution in [-0.2, 0) is 9.53 Å². The van der Waals surface area contributed by atoms with Crippen molar-refractivity contribution in [2.24, 2.45) is 29.1 Å². The molecule has 0 aliphatic heterocycles. The van der Waals surface area contributed by atoms with Crippen LogP contribution < -0.4 is 0 Å². The first-order valence-electron chi connectivity index (χ1n) is 9.14. The van der Waals surface area contributed by atoms with Gasteiger partial charge >= 0.3 is 5.97 Å². The highest BCUT2D eigenvalue weighted by molar-refractivity contribution is 5.76. The van der Waals surface area contributed by atoms with Gasteiger partial charge in [0.15, 0.2) is 0 Å². The Labute approximate surface area is 130 Å². The second-order valence-electron chi connectivity index (χ2n) is 8.54. The lowest BCUT2D eigenvalue weighted by Crippen LogP contribution is -2.58. The summed E-state index contributed by atoms with van der Waals surface area (Å²) in [5, 5.41) is 0. The van der Waals surface area contributed by atoms with Crippen molar-refractivity contribution in [2.75, 3.05) is 0 Å². The first-order valence-corrected chi connectivity index (χ1v) is 9.14. The molecule has 0 radical (unpaired) electrons. The average Bonchev–Trinajstić information content (AvgIpc) is 2.44. The zero-order chi connectivity index (χ0) is 15.3. The van der Waals surface area contributed by atoms with Crippen LogP contribution in [0.4, 0.5) is 0 Å². The molecule has 4 saturated carbocycles. The van der Waals surface area contributed by atoms with Crippen molar-refractivity contribution in [1.82, 2.24) is 0 Å². The third kappa shape index (κ3) is 2.43. The fourth-order valence-electron chi connectivity index (χ4n) is 5.58. The molecule has 2 nitrogen and oxygen atoms in total. The molecule has 1 atom stereocenters. The molecular formula is C19H32O2. The highest BCUT2D eigenvalue weighted by Crippen LogP contribution is 2.59. The van der Waals surface area contributed by atoms with Crippen LogP contribution in [0.1, 0.15) is 79.1 Å². The summed E-state index contributed by atoms with van der Waals surface area (Å²) in [5.41, 5.74) is -0.457. The lowest BCUT2D eigenvalue weighted by molar-refractivity contribution is -0.212. The van der Waals surface area contributed by atoms with Gasteiger partial charge in [0.2, 0.25) is 0 Å². The minimum absolute atomic E-state index is 0.0711. The van der Waals surface area contributed by atoms with E-state index in [1.807, 2.05) is 0 Å². The first kappa shape index (κ1) is 15.4. The van der Waals surface area contributed by atoms with Gasteiger partial charge in [0, 0.05) is 0 Å². The summed E-state index contributed by atoms with van der Waals surface area (Å²) in [5.74, 6) is 3.17. The van der Waals surface area contributed by atoms with E-state index in [9.17, 15) is 4.79 Å². The molecule has 21 heavy (non-hydrogen) atoms. The standard InChI is InChI=1S/C19H32O2/c1-5-7-18(3,6-2)17(20)21-19(4)15-9-13-8-14(11-15)12-16(19)10-13/h13-16H,5-12H2,1-4H3. The highest BCUT2D eigenvalue weighted by atomic mass is 16.6.